The van der Waals surface area contributed by atoms with Crippen LogP contribution in [0.1, 0.15) is 25.8 Å². The van der Waals surface area contributed by atoms with E-state index in [9.17, 15) is 8.78 Å². The van der Waals surface area contributed by atoms with Gasteiger partial charge in [0.15, 0.2) is 0 Å². The summed E-state index contributed by atoms with van der Waals surface area (Å²) in [5, 5.41) is 11.4. The first-order valence-electron chi connectivity index (χ1n) is 6.55. The molecule has 0 amide bonds. The average Bonchev–Trinajstić information content (AvgIpc) is 2.39. The van der Waals surface area contributed by atoms with E-state index in [0.717, 1.165) is 0 Å². The van der Waals surface area contributed by atoms with E-state index in [-0.39, 0.29) is 17.9 Å². The zero-order chi connectivity index (χ0) is 15.1. The van der Waals surface area contributed by atoms with Crippen molar-refractivity contribution in [3.63, 3.8) is 0 Å². The highest BCUT2D eigenvalue weighted by Gasteiger charge is 2.15. The molecule has 6 heteroatoms. The van der Waals surface area contributed by atoms with Crippen LogP contribution in [0.3, 0.4) is 0 Å². The quantitative estimate of drug-likeness (QED) is 0.350. The number of halogens is 2. The van der Waals surface area contributed by atoms with Crippen molar-refractivity contribution in [2.24, 2.45) is 16.8 Å². The second kappa shape index (κ2) is 7.79. The first-order valence-corrected chi connectivity index (χ1v) is 6.55. The first-order chi connectivity index (χ1) is 9.43. The molecule has 1 rings (SSSR count). The summed E-state index contributed by atoms with van der Waals surface area (Å²) in [5.41, 5.74) is 5.48. The average molecular weight is 285 g/mol. The van der Waals surface area contributed by atoms with Crippen LogP contribution in [0.25, 0.3) is 0 Å². The van der Waals surface area contributed by atoms with Gasteiger partial charge in [-0.3, -0.25) is 4.90 Å². The molecule has 0 aliphatic heterocycles. The van der Waals surface area contributed by atoms with Crippen molar-refractivity contribution in [2.75, 3.05) is 13.1 Å². The highest BCUT2D eigenvalue weighted by atomic mass is 19.1. The molecule has 0 radical (unpaired) electrons. The van der Waals surface area contributed by atoms with Crippen LogP contribution in [0.4, 0.5) is 8.78 Å². The molecule has 3 N–H and O–H groups in total. The highest BCUT2D eigenvalue weighted by molar-refractivity contribution is 5.79. The fourth-order valence-corrected chi connectivity index (χ4v) is 1.98. The molecular formula is C14H21F2N3O. The lowest BCUT2D eigenvalue weighted by atomic mass is 10.1. The Hall–Kier alpha value is -1.69. The van der Waals surface area contributed by atoms with E-state index in [1.54, 1.807) is 0 Å². The van der Waals surface area contributed by atoms with Crippen molar-refractivity contribution in [2.45, 2.75) is 26.8 Å². The summed E-state index contributed by atoms with van der Waals surface area (Å²) < 4.78 is 27.3. The van der Waals surface area contributed by atoms with Crippen LogP contribution in [0.2, 0.25) is 0 Å². The zero-order valence-electron chi connectivity index (χ0n) is 11.8. The number of amidine groups is 1. The van der Waals surface area contributed by atoms with E-state index in [1.807, 2.05) is 18.7 Å². The lowest BCUT2D eigenvalue weighted by Gasteiger charge is -2.24. The predicted molar refractivity (Wildman–Crippen MR) is 74.5 cm³/mol. The Bertz CT molecular complexity index is 443. The number of hydrogen-bond donors (Lipinski definition) is 2. The van der Waals surface area contributed by atoms with Gasteiger partial charge in [0.2, 0.25) is 0 Å². The van der Waals surface area contributed by atoms with Gasteiger partial charge in [-0.15, -0.1) is 0 Å². The number of benzene rings is 1. The molecule has 0 unspecified atom stereocenters. The normalized spacial score (nSPS) is 12.4. The van der Waals surface area contributed by atoms with Crippen LogP contribution in [0, 0.1) is 17.6 Å². The first kappa shape index (κ1) is 16.4. The summed E-state index contributed by atoms with van der Waals surface area (Å²) in [7, 11) is 0. The molecule has 0 aliphatic carbocycles. The molecule has 0 saturated carbocycles. The lowest BCUT2D eigenvalue weighted by molar-refractivity contribution is 0.234. The maximum Gasteiger partial charge on any atom is 0.140 e. The van der Waals surface area contributed by atoms with Crippen LogP contribution in [0.5, 0.6) is 0 Å². The molecule has 0 heterocycles. The summed E-state index contributed by atoms with van der Waals surface area (Å²) in [6.45, 7) is 5.35. The monoisotopic (exact) mass is 285 g/mol. The molecule has 112 valence electrons. The van der Waals surface area contributed by atoms with Gasteiger partial charge in [-0.1, -0.05) is 25.1 Å². The van der Waals surface area contributed by atoms with E-state index in [0.29, 0.717) is 25.4 Å². The van der Waals surface area contributed by atoms with Crippen molar-refractivity contribution in [1.29, 1.82) is 0 Å². The van der Waals surface area contributed by atoms with Crippen molar-refractivity contribution in [3.8, 4) is 0 Å². The van der Waals surface area contributed by atoms with Crippen LogP contribution in [0.15, 0.2) is 23.4 Å². The number of rotatable bonds is 7. The highest BCUT2D eigenvalue weighted by Crippen LogP contribution is 2.15. The number of nitrogens with zero attached hydrogens (tertiary/aromatic N) is 2. The minimum atomic E-state index is -0.553. The van der Waals surface area contributed by atoms with Crippen molar-refractivity contribution in [1.82, 2.24) is 4.90 Å². The Morgan fingerprint density at radius 2 is 1.95 bits per heavy atom. The van der Waals surface area contributed by atoms with Crippen LogP contribution in [-0.2, 0) is 6.54 Å². The van der Waals surface area contributed by atoms with Gasteiger partial charge in [0.05, 0.1) is 0 Å². The van der Waals surface area contributed by atoms with E-state index < -0.39 is 11.6 Å². The van der Waals surface area contributed by atoms with E-state index in [4.69, 9.17) is 10.9 Å². The molecule has 1 aromatic rings. The van der Waals surface area contributed by atoms with Gasteiger partial charge in [-0.2, -0.15) is 0 Å². The second-order valence-electron chi connectivity index (χ2n) is 5.17. The summed E-state index contributed by atoms with van der Waals surface area (Å²) in [6, 6.07) is 3.84. The number of hydrogen-bond acceptors (Lipinski definition) is 3. The van der Waals surface area contributed by atoms with Gasteiger partial charge < -0.3 is 10.9 Å². The van der Waals surface area contributed by atoms with Crippen molar-refractivity contribution in [3.05, 3.63) is 35.4 Å². The van der Waals surface area contributed by atoms with Gasteiger partial charge >= 0.3 is 0 Å². The van der Waals surface area contributed by atoms with Gasteiger partial charge in [0, 0.05) is 31.6 Å². The molecule has 0 atom stereocenters. The van der Waals surface area contributed by atoms with E-state index >= 15 is 0 Å². The minimum absolute atomic E-state index is 0.0488. The standard InChI is InChI=1S/C14H21F2N3O/c1-10(2)8-19(7-6-14(17)18-20)9-11-12(15)4-3-5-13(11)16/h3-5,10,20H,6-9H2,1-2H3,(H2,17,18). The largest absolute Gasteiger partial charge is 0.409 e. The Morgan fingerprint density at radius 1 is 1.35 bits per heavy atom. The number of nitrogens with two attached hydrogens (primary N) is 1. The van der Waals surface area contributed by atoms with Crippen LogP contribution in [-0.4, -0.2) is 29.0 Å². The third kappa shape index (κ3) is 5.13. The molecular weight excluding hydrogens is 264 g/mol. The molecule has 0 aromatic heterocycles. The number of oxime groups is 1. The third-order valence-electron chi connectivity index (χ3n) is 2.88. The summed E-state index contributed by atoms with van der Waals surface area (Å²) in [4.78, 5) is 1.89. The smallest absolute Gasteiger partial charge is 0.140 e. The Morgan fingerprint density at radius 3 is 2.45 bits per heavy atom. The van der Waals surface area contributed by atoms with Gasteiger partial charge in [0.25, 0.3) is 0 Å². The topological polar surface area (TPSA) is 61.8 Å². The minimum Gasteiger partial charge on any atom is -0.409 e. The molecule has 4 nitrogen and oxygen atoms in total. The van der Waals surface area contributed by atoms with Gasteiger partial charge in [0.1, 0.15) is 17.5 Å². The fraction of sp³-hybridized carbons (Fsp3) is 0.500. The molecule has 0 fully saturated rings. The molecule has 20 heavy (non-hydrogen) atoms. The Labute approximate surface area is 117 Å². The van der Waals surface area contributed by atoms with E-state index in [2.05, 4.69) is 5.16 Å². The summed E-state index contributed by atoms with van der Waals surface area (Å²) in [6.07, 6.45) is 0.347. The third-order valence-corrected chi connectivity index (χ3v) is 2.88. The SMILES string of the molecule is CC(C)CN(CC/C(N)=N/O)Cc1c(F)cccc1F. The summed E-state index contributed by atoms with van der Waals surface area (Å²) >= 11 is 0. The maximum absolute atomic E-state index is 13.7. The van der Waals surface area contributed by atoms with Crippen molar-refractivity contribution < 1.29 is 14.0 Å². The molecule has 0 aliphatic rings. The second-order valence-corrected chi connectivity index (χ2v) is 5.17. The van der Waals surface area contributed by atoms with Crippen LogP contribution < -0.4 is 5.73 Å². The molecule has 1 aromatic carbocycles. The van der Waals surface area contributed by atoms with E-state index in [1.165, 1.54) is 18.2 Å². The zero-order valence-corrected chi connectivity index (χ0v) is 11.8. The van der Waals surface area contributed by atoms with Gasteiger partial charge in [-0.25, -0.2) is 8.78 Å². The van der Waals surface area contributed by atoms with Crippen molar-refractivity contribution >= 4 is 5.84 Å². The molecule has 0 saturated heterocycles. The van der Waals surface area contributed by atoms with Gasteiger partial charge in [-0.05, 0) is 18.1 Å². The Balaban J connectivity index is 2.78. The fourth-order valence-electron chi connectivity index (χ4n) is 1.98. The molecule has 0 spiro atoms. The maximum atomic E-state index is 13.7. The lowest BCUT2D eigenvalue weighted by Crippen LogP contribution is -2.31. The Kier molecular flexibility index (Phi) is 6.38. The molecule has 0 bridgehead atoms. The predicted octanol–water partition coefficient (Wildman–Crippen LogP) is 2.56. The summed E-state index contributed by atoms with van der Waals surface area (Å²) in [5.74, 6) is -0.657. The van der Waals surface area contributed by atoms with Crippen LogP contribution >= 0.6 is 0 Å².